The maximum atomic E-state index is 11.4. The van der Waals surface area contributed by atoms with Gasteiger partial charge in [-0.3, -0.25) is 4.79 Å². The van der Waals surface area contributed by atoms with Gasteiger partial charge in [0.2, 0.25) is 0 Å². The number of esters is 1. The Morgan fingerprint density at radius 2 is 1.95 bits per heavy atom. The summed E-state index contributed by atoms with van der Waals surface area (Å²) in [4.78, 5) is 11.4. The molecule has 0 heterocycles. The third-order valence-electron chi connectivity index (χ3n) is 2.57. The van der Waals surface area contributed by atoms with E-state index in [0.717, 1.165) is 5.69 Å². The van der Waals surface area contributed by atoms with Crippen LogP contribution in [0, 0.1) is 0 Å². The molecule has 0 aliphatic heterocycles. The van der Waals surface area contributed by atoms with E-state index in [9.17, 15) is 4.79 Å². The molecule has 1 aromatic carbocycles. The van der Waals surface area contributed by atoms with Gasteiger partial charge in [-0.1, -0.05) is 0 Å². The van der Waals surface area contributed by atoms with E-state index in [1.807, 2.05) is 25.1 Å². The van der Waals surface area contributed by atoms with Crippen molar-refractivity contribution in [2.45, 2.75) is 26.3 Å². The van der Waals surface area contributed by atoms with Gasteiger partial charge in [-0.05, 0) is 26.0 Å². The first kappa shape index (κ1) is 15.1. The maximum absolute atomic E-state index is 11.4. The van der Waals surface area contributed by atoms with Gasteiger partial charge in [0.1, 0.15) is 0 Å². The first-order valence-electron chi connectivity index (χ1n) is 6.24. The van der Waals surface area contributed by atoms with Crippen molar-refractivity contribution in [1.82, 2.24) is 0 Å². The average Bonchev–Trinajstić information content (AvgIpc) is 2.38. The Morgan fingerprint density at radius 3 is 2.53 bits per heavy atom. The molecule has 0 aliphatic carbocycles. The van der Waals surface area contributed by atoms with E-state index in [-0.39, 0.29) is 12.0 Å². The van der Waals surface area contributed by atoms with Crippen molar-refractivity contribution >= 4 is 11.7 Å². The zero-order valence-corrected chi connectivity index (χ0v) is 11.9. The highest BCUT2D eigenvalue weighted by molar-refractivity contribution is 5.70. The maximum Gasteiger partial charge on any atom is 0.307 e. The van der Waals surface area contributed by atoms with E-state index in [2.05, 4.69) is 5.32 Å². The molecule has 5 heteroatoms. The summed E-state index contributed by atoms with van der Waals surface area (Å²) in [5, 5.41) is 3.22. The van der Waals surface area contributed by atoms with E-state index in [1.165, 1.54) is 0 Å². The Hall–Kier alpha value is -1.91. The molecule has 1 atom stereocenters. The molecule has 1 rings (SSSR count). The van der Waals surface area contributed by atoms with Crippen LogP contribution in [0.25, 0.3) is 0 Å². The normalized spacial score (nSPS) is 11.6. The largest absolute Gasteiger partial charge is 0.493 e. The molecule has 0 spiro atoms. The van der Waals surface area contributed by atoms with E-state index in [0.29, 0.717) is 24.5 Å². The summed E-state index contributed by atoms with van der Waals surface area (Å²) in [5.74, 6) is 1.12. The van der Waals surface area contributed by atoms with Crippen LogP contribution in [0.15, 0.2) is 18.2 Å². The van der Waals surface area contributed by atoms with Crippen LogP contribution in [0.2, 0.25) is 0 Å². The first-order chi connectivity index (χ1) is 9.10. The number of ether oxygens (including phenoxy) is 3. The van der Waals surface area contributed by atoms with E-state index in [4.69, 9.17) is 14.2 Å². The average molecular weight is 267 g/mol. The number of methoxy groups -OCH3 is 2. The van der Waals surface area contributed by atoms with Gasteiger partial charge in [-0.15, -0.1) is 0 Å². The predicted octanol–water partition coefficient (Wildman–Crippen LogP) is 2.46. The van der Waals surface area contributed by atoms with Crippen LogP contribution in [-0.4, -0.2) is 32.8 Å². The topological polar surface area (TPSA) is 56.8 Å². The SMILES string of the molecule is CCOC(=O)CC(C)Nc1ccc(OC)c(OC)c1. The number of hydrogen-bond donors (Lipinski definition) is 1. The quantitative estimate of drug-likeness (QED) is 0.769. The van der Waals surface area contributed by atoms with Gasteiger partial charge in [-0.25, -0.2) is 0 Å². The van der Waals surface area contributed by atoms with Gasteiger partial charge in [0.15, 0.2) is 11.5 Å². The summed E-state index contributed by atoms with van der Waals surface area (Å²) in [7, 11) is 3.18. The molecule has 106 valence electrons. The molecule has 0 saturated carbocycles. The minimum Gasteiger partial charge on any atom is -0.493 e. The summed E-state index contributed by atoms with van der Waals surface area (Å²) < 4.78 is 15.3. The van der Waals surface area contributed by atoms with Crippen molar-refractivity contribution in [2.75, 3.05) is 26.1 Å². The predicted molar refractivity (Wildman–Crippen MR) is 73.9 cm³/mol. The van der Waals surface area contributed by atoms with Gasteiger partial charge in [0.05, 0.1) is 27.2 Å². The lowest BCUT2D eigenvalue weighted by molar-refractivity contribution is -0.143. The molecule has 0 aliphatic rings. The fourth-order valence-electron chi connectivity index (χ4n) is 1.73. The standard InChI is InChI=1S/C14H21NO4/c1-5-19-14(16)8-10(2)15-11-6-7-12(17-3)13(9-11)18-4/h6-7,9-10,15H,5,8H2,1-4H3. The second kappa shape index (κ2) is 7.51. The number of rotatable bonds is 7. The minimum atomic E-state index is -0.206. The van der Waals surface area contributed by atoms with Gasteiger partial charge < -0.3 is 19.5 Å². The zero-order chi connectivity index (χ0) is 14.3. The monoisotopic (exact) mass is 267 g/mol. The van der Waals surface area contributed by atoms with Gasteiger partial charge in [0.25, 0.3) is 0 Å². The lowest BCUT2D eigenvalue weighted by Crippen LogP contribution is -2.21. The molecule has 0 radical (unpaired) electrons. The summed E-state index contributed by atoms with van der Waals surface area (Å²) in [6, 6.07) is 5.51. The lowest BCUT2D eigenvalue weighted by atomic mass is 10.2. The van der Waals surface area contributed by atoms with Crippen molar-refractivity contribution in [2.24, 2.45) is 0 Å². The highest BCUT2D eigenvalue weighted by Crippen LogP contribution is 2.30. The lowest BCUT2D eigenvalue weighted by Gasteiger charge is -2.16. The number of benzene rings is 1. The smallest absolute Gasteiger partial charge is 0.307 e. The Bertz CT molecular complexity index is 420. The summed E-state index contributed by atoms with van der Waals surface area (Å²) in [6.45, 7) is 4.12. The molecule has 5 nitrogen and oxygen atoms in total. The van der Waals surface area contributed by atoms with Crippen molar-refractivity contribution < 1.29 is 19.0 Å². The summed E-state index contributed by atoms with van der Waals surface area (Å²) in [5.41, 5.74) is 0.870. The molecule has 0 fully saturated rings. The molecule has 19 heavy (non-hydrogen) atoms. The summed E-state index contributed by atoms with van der Waals surface area (Å²) >= 11 is 0. The van der Waals surface area contributed by atoms with Crippen LogP contribution in [0.3, 0.4) is 0 Å². The van der Waals surface area contributed by atoms with Crippen LogP contribution in [0.4, 0.5) is 5.69 Å². The first-order valence-corrected chi connectivity index (χ1v) is 6.24. The number of anilines is 1. The Labute approximate surface area is 113 Å². The zero-order valence-electron chi connectivity index (χ0n) is 11.9. The van der Waals surface area contributed by atoms with Gasteiger partial charge in [0, 0.05) is 17.8 Å². The van der Waals surface area contributed by atoms with E-state index in [1.54, 1.807) is 21.1 Å². The van der Waals surface area contributed by atoms with Crippen LogP contribution < -0.4 is 14.8 Å². The number of nitrogens with one attached hydrogen (secondary N) is 1. The minimum absolute atomic E-state index is 0.0165. The van der Waals surface area contributed by atoms with Crippen LogP contribution in [-0.2, 0) is 9.53 Å². The number of carbonyl (C=O) groups is 1. The third kappa shape index (κ3) is 4.69. The third-order valence-corrected chi connectivity index (χ3v) is 2.57. The van der Waals surface area contributed by atoms with Gasteiger partial charge >= 0.3 is 5.97 Å². The van der Waals surface area contributed by atoms with E-state index < -0.39 is 0 Å². The molecule has 0 aromatic heterocycles. The molecule has 0 saturated heterocycles. The molecular formula is C14H21NO4. The number of carbonyl (C=O) groups excluding carboxylic acids is 1. The van der Waals surface area contributed by atoms with Crippen LogP contribution >= 0.6 is 0 Å². The van der Waals surface area contributed by atoms with Crippen molar-refractivity contribution in [3.8, 4) is 11.5 Å². The Balaban J connectivity index is 2.64. The highest BCUT2D eigenvalue weighted by atomic mass is 16.5. The van der Waals surface area contributed by atoms with E-state index >= 15 is 0 Å². The fourth-order valence-corrected chi connectivity index (χ4v) is 1.73. The molecule has 0 amide bonds. The van der Waals surface area contributed by atoms with Crippen molar-refractivity contribution in [3.05, 3.63) is 18.2 Å². The van der Waals surface area contributed by atoms with Crippen molar-refractivity contribution in [3.63, 3.8) is 0 Å². The molecule has 1 aromatic rings. The summed E-state index contributed by atoms with van der Waals surface area (Å²) in [6.07, 6.45) is 0.322. The second-order valence-corrected chi connectivity index (χ2v) is 4.12. The van der Waals surface area contributed by atoms with Crippen LogP contribution in [0.1, 0.15) is 20.3 Å². The number of hydrogen-bond acceptors (Lipinski definition) is 5. The molecule has 1 N–H and O–H groups in total. The molecular weight excluding hydrogens is 246 g/mol. The van der Waals surface area contributed by atoms with Crippen molar-refractivity contribution in [1.29, 1.82) is 0 Å². The fraction of sp³-hybridized carbons (Fsp3) is 0.500. The highest BCUT2D eigenvalue weighted by Gasteiger charge is 2.11. The Kier molecular flexibility index (Phi) is 5.99. The van der Waals surface area contributed by atoms with Crippen LogP contribution in [0.5, 0.6) is 11.5 Å². The Morgan fingerprint density at radius 1 is 1.26 bits per heavy atom. The molecule has 0 bridgehead atoms. The second-order valence-electron chi connectivity index (χ2n) is 4.12. The van der Waals surface area contributed by atoms with Gasteiger partial charge in [-0.2, -0.15) is 0 Å². The molecule has 1 unspecified atom stereocenters.